The highest BCUT2D eigenvalue weighted by Gasteiger charge is 2.37. The van der Waals surface area contributed by atoms with Gasteiger partial charge in [-0.3, -0.25) is 34.3 Å². The second-order valence-corrected chi connectivity index (χ2v) is 7.32. The molecule has 0 atom stereocenters. The minimum atomic E-state index is -0.722. The molecule has 2 aromatic carbocycles. The lowest BCUT2D eigenvalue weighted by Gasteiger charge is -2.26. The first kappa shape index (κ1) is 20.6. The van der Waals surface area contributed by atoms with Gasteiger partial charge >= 0.3 is 0 Å². The fourth-order valence-corrected chi connectivity index (χ4v) is 3.59. The van der Waals surface area contributed by atoms with E-state index in [-0.39, 0.29) is 16.8 Å². The number of rotatable bonds is 6. The summed E-state index contributed by atoms with van der Waals surface area (Å²) in [6.45, 7) is 3.51. The highest BCUT2D eigenvalue weighted by atomic mass is 16.6. The predicted molar refractivity (Wildman–Crippen MR) is 110 cm³/mol. The number of nitrogens with one attached hydrogen (secondary N) is 1. The molecule has 1 N–H and O–H groups in total. The van der Waals surface area contributed by atoms with Gasteiger partial charge in [0, 0.05) is 37.5 Å². The van der Waals surface area contributed by atoms with Gasteiger partial charge in [0.1, 0.15) is 6.54 Å². The Bertz CT molecular complexity index is 1050. The van der Waals surface area contributed by atoms with E-state index in [1.807, 2.05) is 12.1 Å². The van der Waals surface area contributed by atoms with Crippen molar-refractivity contribution in [2.24, 2.45) is 0 Å². The van der Waals surface area contributed by atoms with Crippen molar-refractivity contribution in [3.05, 3.63) is 69.3 Å². The van der Waals surface area contributed by atoms with Gasteiger partial charge in [-0.15, -0.1) is 0 Å². The van der Waals surface area contributed by atoms with Crippen LogP contribution in [0.25, 0.3) is 0 Å². The average Bonchev–Trinajstić information content (AvgIpc) is 3.00. The average molecular weight is 424 g/mol. The molecule has 1 saturated heterocycles. The smallest absolute Gasteiger partial charge is 0.270 e. The molecule has 2 aliphatic rings. The number of hydrogen-bond acceptors (Lipinski definition) is 7. The van der Waals surface area contributed by atoms with Gasteiger partial charge in [-0.1, -0.05) is 12.1 Å². The van der Waals surface area contributed by atoms with Crippen molar-refractivity contribution in [1.82, 2.24) is 9.80 Å². The molecule has 4 rings (SSSR count). The van der Waals surface area contributed by atoms with E-state index in [0.717, 1.165) is 55.4 Å². The molecular weight excluding hydrogens is 404 g/mol. The van der Waals surface area contributed by atoms with E-state index in [2.05, 4.69) is 10.2 Å². The SMILES string of the molecule is O=C(CN1C(=O)c2ccc([N+](=O)[O-])cc2C1=O)Nc1ccc(CN2CCOCC2)cc1. The van der Waals surface area contributed by atoms with Crippen LogP contribution in [0.4, 0.5) is 11.4 Å². The number of non-ortho nitro benzene ring substituents is 1. The number of fused-ring (bicyclic) bond motifs is 1. The summed E-state index contributed by atoms with van der Waals surface area (Å²) in [5.74, 6) is -1.91. The van der Waals surface area contributed by atoms with Gasteiger partial charge in [-0.25, -0.2) is 0 Å². The lowest BCUT2D eigenvalue weighted by atomic mass is 10.1. The first-order valence-electron chi connectivity index (χ1n) is 9.76. The van der Waals surface area contributed by atoms with Crippen molar-refractivity contribution in [2.75, 3.05) is 38.2 Å². The van der Waals surface area contributed by atoms with Crippen LogP contribution >= 0.6 is 0 Å². The summed E-state index contributed by atoms with van der Waals surface area (Å²) in [5, 5.41) is 13.6. The van der Waals surface area contributed by atoms with E-state index in [1.165, 1.54) is 6.07 Å². The molecule has 1 fully saturated rings. The predicted octanol–water partition coefficient (Wildman–Crippen LogP) is 1.66. The van der Waals surface area contributed by atoms with Gasteiger partial charge in [0.2, 0.25) is 5.91 Å². The molecule has 0 saturated carbocycles. The number of benzene rings is 2. The molecule has 3 amide bonds. The summed E-state index contributed by atoms with van der Waals surface area (Å²) >= 11 is 0. The van der Waals surface area contributed by atoms with Gasteiger partial charge < -0.3 is 10.1 Å². The molecule has 0 aromatic heterocycles. The third kappa shape index (κ3) is 4.44. The standard InChI is InChI=1S/C21H20N4O6/c26-19(22-15-3-1-14(2-4-15)12-23-7-9-31-10-8-23)13-24-20(27)17-6-5-16(25(29)30)11-18(17)21(24)28/h1-6,11H,7-10,12-13H2,(H,22,26). The van der Waals surface area contributed by atoms with Gasteiger partial charge in [-0.2, -0.15) is 0 Å². The minimum absolute atomic E-state index is 0.0517. The maximum absolute atomic E-state index is 12.5. The molecule has 0 bridgehead atoms. The van der Waals surface area contributed by atoms with Crippen LogP contribution < -0.4 is 5.32 Å². The Balaban J connectivity index is 1.36. The zero-order valence-electron chi connectivity index (χ0n) is 16.6. The van der Waals surface area contributed by atoms with Gasteiger partial charge in [0.15, 0.2) is 0 Å². The second kappa shape index (κ2) is 8.62. The molecule has 31 heavy (non-hydrogen) atoms. The zero-order valence-corrected chi connectivity index (χ0v) is 16.6. The van der Waals surface area contributed by atoms with E-state index >= 15 is 0 Å². The number of anilines is 1. The maximum Gasteiger partial charge on any atom is 0.270 e. The van der Waals surface area contributed by atoms with E-state index in [1.54, 1.807) is 12.1 Å². The quantitative estimate of drug-likeness (QED) is 0.425. The van der Waals surface area contributed by atoms with Crippen LogP contribution in [0.3, 0.4) is 0 Å². The third-order valence-electron chi connectivity index (χ3n) is 5.21. The van der Waals surface area contributed by atoms with Crippen molar-refractivity contribution in [3.8, 4) is 0 Å². The first-order valence-corrected chi connectivity index (χ1v) is 9.76. The van der Waals surface area contributed by atoms with E-state index in [0.29, 0.717) is 5.69 Å². The Hall–Kier alpha value is -3.63. The van der Waals surface area contributed by atoms with Crippen molar-refractivity contribution < 1.29 is 24.0 Å². The zero-order chi connectivity index (χ0) is 22.0. The highest BCUT2D eigenvalue weighted by molar-refractivity contribution is 6.23. The van der Waals surface area contributed by atoms with Crippen molar-refractivity contribution in [2.45, 2.75) is 6.54 Å². The van der Waals surface area contributed by atoms with Gasteiger partial charge in [-0.05, 0) is 23.8 Å². The molecule has 0 aliphatic carbocycles. The third-order valence-corrected chi connectivity index (χ3v) is 5.21. The number of nitrogens with zero attached hydrogens (tertiary/aromatic N) is 3. The fourth-order valence-electron chi connectivity index (χ4n) is 3.59. The van der Waals surface area contributed by atoms with Crippen LogP contribution in [-0.4, -0.2) is 65.3 Å². The van der Waals surface area contributed by atoms with Crippen LogP contribution in [0.5, 0.6) is 0 Å². The van der Waals surface area contributed by atoms with Gasteiger partial charge in [0.25, 0.3) is 17.5 Å². The normalized spacial score (nSPS) is 16.3. The van der Waals surface area contributed by atoms with Crippen LogP contribution in [0.15, 0.2) is 42.5 Å². The number of carbonyl (C=O) groups is 3. The molecular formula is C21H20N4O6. The lowest BCUT2D eigenvalue weighted by Crippen LogP contribution is -2.37. The molecule has 0 spiro atoms. The largest absolute Gasteiger partial charge is 0.379 e. The lowest BCUT2D eigenvalue weighted by molar-refractivity contribution is -0.384. The van der Waals surface area contributed by atoms with Crippen LogP contribution in [-0.2, 0) is 16.1 Å². The summed E-state index contributed by atoms with van der Waals surface area (Å²) in [5.41, 5.74) is 1.34. The van der Waals surface area contributed by atoms with Crippen molar-refractivity contribution in [1.29, 1.82) is 0 Å². The molecule has 2 aromatic rings. The highest BCUT2D eigenvalue weighted by Crippen LogP contribution is 2.26. The molecule has 0 unspecified atom stereocenters. The van der Waals surface area contributed by atoms with E-state index < -0.39 is 29.2 Å². The Morgan fingerprint density at radius 1 is 1.03 bits per heavy atom. The maximum atomic E-state index is 12.5. The number of nitro groups is 1. The second-order valence-electron chi connectivity index (χ2n) is 7.32. The molecule has 0 radical (unpaired) electrons. The van der Waals surface area contributed by atoms with E-state index in [4.69, 9.17) is 4.74 Å². The Morgan fingerprint density at radius 2 is 1.71 bits per heavy atom. The molecule has 10 nitrogen and oxygen atoms in total. The molecule has 10 heteroatoms. The molecule has 2 aliphatic heterocycles. The number of amides is 3. The van der Waals surface area contributed by atoms with Crippen molar-refractivity contribution >= 4 is 29.1 Å². The van der Waals surface area contributed by atoms with Crippen LogP contribution in [0.2, 0.25) is 0 Å². The fraction of sp³-hybridized carbons (Fsp3) is 0.286. The molecule has 160 valence electrons. The van der Waals surface area contributed by atoms with E-state index in [9.17, 15) is 24.5 Å². The summed E-state index contributed by atoms with van der Waals surface area (Å²) in [4.78, 5) is 50.7. The first-order chi connectivity index (χ1) is 14.9. The van der Waals surface area contributed by atoms with Crippen molar-refractivity contribution in [3.63, 3.8) is 0 Å². The Morgan fingerprint density at radius 3 is 2.39 bits per heavy atom. The Labute approximate surface area is 177 Å². The minimum Gasteiger partial charge on any atom is -0.379 e. The number of carbonyl (C=O) groups excluding carboxylic acids is 3. The number of imide groups is 1. The monoisotopic (exact) mass is 424 g/mol. The summed E-state index contributed by atoms with van der Waals surface area (Å²) in [6, 6.07) is 10.8. The van der Waals surface area contributed by atoms with Crippen LogP contribution in [0, 0.1) is 10.1 Å². The number of nitro benzene ring substituents is 1. The van der Waals surface area contributed by atoms with Gasteiger partial charge in [0.05, 0.1) is 29.3 Å². The Kier molecular flexibility index (Phi) is 5.74. The van der Waals surface area contributed by atoms with Crippen LogP contribution in [0.1, 0.15) is 26.3 Å². The summed E-state index contributed by atoms with van der Waals surface area (Å²) in [6.07, 6.45) is 0. The summed E-state index contributed by atoms with van der Waals surface area (Å²) < 4.78 is 5.34. The topological polar surface area (TPSA) is 122 Å². The number of morpholine rings is 1. The summed E-state index contributed by atoms with van der Waals surface area (Å²) in [7, 11) is 0. The number of ether oxygens (including phenoxy) is 1. The molecule has 2 heterocycles. The number of hydrogen-bond donors (Lipinski definition) is 1.